The summed E-state index contributed by atoms with van der Waals surface area (Å²) in [5.74, 6) is 1.61. The fourth-order valence-corrected chi connectivity index (χ4v) is 2.78. The molecule has 2 rings (SSSR count). The van der Waals surface area contributed by atoms with Crippen LogP contribution in [-0.2, 0) is 0 Å². The molecule has 1 aliphatic heterocycles. The van der Waals surface area contributed by atoms with Gasteiger partial charge in [0.05, 0.1) is 7.11 Å². The minimum Gasteiger partial charge on any atom is -0.493 e. The highest BCUT2D eigenvalue weighted by Crippen LogP contribution is 2.26. The van der Waals surface area contributed by atoms with Crippen LogP contribution in [0, 0.1) is 5.41 Å². The van der Waals surface area contributed by atoms with Crippen LogP contribution in [0.2, 0.25) is 0 Å². The quantitative estimate of drug-likeness (QED) is 0.827. The molecule has 1 aromatic carbocycles. The van der Waals surface area contributed by atoms with Crippen LogP contribution in [-0.4, -0.2) is 51.8 Å². The molecule has 4 heteroatoms. The zero-order chi connectivity index (χ0) is 14.4. The summed E-state index contributed by atoms with van der Waals surface area (Å²) in [6.45, 7) is 7.32. The molecular formula is C16H26N2O2. The van der Waals surface area contributed by atoms with Gasteiger partial charge < -0.3 is 19.7 Å². The maximum Gasteiger partial charge on any atom is 0.161 e. The maximum atomic E-state index is 5.81. The van der Waals surface area contributed by atoms with Gasteiger partial charge in [0.2, 0.25) is 0 Å². The van der Waals surface area contributed by atoms with Gasteiger partial charge >= 0.3 is 0 Å². The molecule has 1 aliphatic rings. The van der Waals surface area contributed by atoms with Gasteiger partial charge in [0, 0.05) is 19.6 Å². The van der Waals surface area contributed by atoms with Crippen molar-refractivity contribution in [3.63, 3.8) is 0 Å². The van der Waals surface area contributed by atoms with E-state index in [1.54, 1.807) is 7.11 Å². The number of methoxy groups -OCH3 is 1. The molecule has 0 saturated carbocycles. The third-order valence-corrected chi connectivity index (χ3v) is 3.91. The van der Waals surface area contributed by atoms with Crippen LogP contribution in [0.15, 0.2) is 24.3 Å². The number of hydrogen-bond acceptors (Lipinski definition) is 4. The fourth-order valence-electron chi connectivity index (χ4n) is 2.78. The van der Waals surface area contributed by atoms with Crippen molar-refractivity contribution in [3.8, 4) is 11.5 Å². The van der Waals surface area contributed by atoms with Gasteiger partial charge in [0.1, 0.15) is 6.61 Å². The van der Waals surface area contributed by atoms with E-state index in [2.05, 4.69) is 24.2 Å². The minimum absolute atomic E-state index is 0.402. The molecular weight excluding hydrogens is 252 g/mol. The number of hydrogen-bond donors (Lipinski definition) is 1. The van der Waals surface area contributed by atoms with Crippen molar-refractivity contribution in [1.29, 1.82) is 0 Å². The predicted octanol–water partition coefficient (Wildman–Crippen LogP) is 2.01. The first-order valence-corrected chi connectivity index (χ1v) is 7.28. The van der Waals surface area contributed by atoms with Crippen LogP contribution in [0.25, 0.3) is 0 Å². The van der Waals surface area contributed by atoms with Crippen molar-refractivity contribution in [3.05, 3.63) is 24.3 Å². The van der Waals surface area contributed by atoms with Crippen molar-refractivity contribution >= 4 is 0 Å². The van der Waals surface area contributed by atoms with Crippen molar-refractivity contribution in [2.24, 2.45) is 5.41 Å². The van der Waals surface area contributed by atoms with E-state index in [-0.39, 0.29) is 0 Å². The molecule has 1 heterocycles. The molecule has 20 heavy (non-hydrogen) atoms. The molecule has 1 saturated heterocycles. The third kappa shape index (κ3) is 4.12. The Morgan fingerprint density at radius 2 is 2.05 bits per heavy atom. The van der Waals surface area contributed by atoms with Gasteiger partial charge in [0.15, 0.2) is 11.5 Å². The molecule has 1 aromatic rings. The highest BCUT2D eigenvalue weighted by atomic mass is 16.5. The number of nitrogens with zero attached hydrogens (tertiary/aromatic N) is 1. The van der Waals surface area contributed by atoms with E-state index in [0.29, 0.717) is 12.0 Å². The Kier molecular flexibility index (Phi) is 5.26. The molecule has 0 aliphatic carbocycles. The highest BCUT2D eigenvalue weighted by Gasteiger charge is 2.29. The zero-order valence-electron chi connectivity index (χ0n) is 12.8. The Labute approximate surface area is 122 Å². The molecule has 1 unspecified atom stereocenters. The average molecular weight is 278 g/mol. The molecule has 1 N–H and O–H groups in total. The maximum absolute atomic E-state index is 5.81. The molecule has 4 nitrogen and oxygen atoms in total. The standard InChI is InChI=1S/C16H26N2O2/c1-16(8-9-17-12-16)13-18(2)10-11-20-15-7-5-4-6-14(15)19-3/h4-7,17H,8-13H2,1-3H3. The summed E-state index contributed by atoms with van der Waals surface area (Å²) in [7, 11) is 3.83. The van der Waals surface area contributed by atoms with E-state index in [1.165, 1.54) is 6.42 Å². The van der Waals surface area contributed by atoms with Gasteiger partial charge in [-0.2, -0.15) is 0 Å². The van der Waals surface area contributed by atoms with Gasteiger partial charge in [-0.25, -0.2) is 0 Å². The van der Waals surface area contributed by atoms with Gasteiger partial charge in [-0.1, -0.05) is 19.1 Å². The van der Waals surface area contributed by atoms with E-state index >= 15 is 0 Å². The Morgan fingerprint density at radius 3 is 2.70 bits per heavy atom. The third-order valence-electron chi connectivity index (χ3n) is 3.91. The van der Waals surface area contributed by atoms with Crippen LogP contribution in [0.1, 0.15) is 13.3 Å². The lowest BCUT2D eigenvalue weighted by Crippen LogP contribution is -2.37. The van der Waals surface area contributed by atoms with Crippen LogP contribution < -0.4 is 14.8 Å². The minimum atomic E-state index is 0.402. The monoisotopic (exact) mass is 278 g/mol. The smallest absolute Gasteiger partial charge is 0.161 e. The molecule has 0 spiro atoms. The SMILES string of the molecule is COc1ccccc1OCCN(C)CC1(C)CCNC1. The molecule has 0 aromatic heterocycles. The summed E-state index contributed by atoms with van der Waals surface area (Å²) < 4.78 is 11.1. The number of benzene rings is 1. The first kappa shape index (κ1) is 15.1. The van der Waals surface area contributed by atoms with E-state index in [1.807, 2.05) is 24.3 Å². The van der Waals surface area contributed by atoms with E-state index in [9.17, 15) is 0 Å². The summed E-state index contributed by atoms with van der Waals surface area (Å²) in [4.78, 5) is 2.35. The second-order valence-electron chi connectivity index (χ2n) is 5.97. The molecule has 1 atom stereocenters. The van der Waals surface area contributed by atoms with E-state index < -0.39 is 0 Å². The number of rotatable bonds is 7. The van der Waals surface area contributed by atoms with Crippen molar-refractivity contribution in [2.45, 2.75) is 13.3 Å². The first-order valence-electron chi connectivity index (χ1n) is 7.28. The number of nitrogens with one attached hydrogen (secondary N) is 1. The largest absolute Gasteiger partial charge is 0.493 e. The lowest BCUT2D eigenvalue weighted by atomic mass is 9.89. The molecule has 1 fully saturated rings. The second kappa shape index (κ2) is 6.95. The Bertz CT molecular complexity index is 417. The van der Waals surface area contributed by atoms with Gasteiger partial charge in [-0.15, -0.1) is 0 Å². The second-order valence-corrected chi connectivity index (χ2v) is 5.97. The Hall–Kier alpha value is -1.26. The molecule has 112 valence electrons. The van der Waals surface area contributed by atoms with Gasteiger partial charge in [-0.3, -0.25) is 0 Å². The summed E-state index contributed by atoms with van der Waals surface area (Å²) in [6.07, 6.45) is 1.25. The summed E-state index contributed by atoms with van der Waals surface area (Å²) in [5, 5.41) is 3.44. The van der Waals surface area contributed by atoms with E-state index in [0.717, 1.165) is 37.7 Å². The molecule has 0 amide bonds. The average Bonchev–Trinajstić information content (AvgIpc) is 2.85. The predicted molar refractivity (Wildman–Crippen MR) is 81.6 cm³/mol. The summed E-state index contributed by atoms with van der Waals surface area (Å²) in [5.41, 5.74) is 0.402. The number of ether oxygens (including phenoxy) is 2. The summed E-state index contributed by atoms with van der Waals surface area (Å²) in [6, 6.07) is 7.78. The Balaban J connectivity index is 1.75. The van der Waals surface area contributed by atoms with Gasteiger partial charge in [-0.05, 0) is 37.6 Å². The number of likely N-dealkylation sites (N-methyl/N-ethyl adjacent to an activating group) is 1. The van der Waals surface area contributed by atoms with Crippen LogP contribution in [0.4, 0.5) is 0 Å². The van der Waals surface area contributed by atoms with Crippen molar-refractivity contribution in [1.82, 2.24) is 10.2 Å². The Morgan fingerprint density at radius 1 is 1.30 bits per heavy atom. The molecule has 0 bridgehead atoms. The number of para-hydroxylation sites is 2. The van der Waals surface area contributed by atoms with Crippen LogP contribution in [0.5, 0.6) is 11.5 Å². The van der Waals surface area contributed by atoms with Gasteiger partial charge in [0.25, 0.3) is 0 Å². The van der Waals surface area contributed by atoms with Crippen molar-refractivity contribution < 1.29 is 9.47 Å². The van der Waals surface area contributed by atoms with Crippen LogP contribution >= 0.6 is 0 Å². The van der Waals surface area contributed by atoms with Crippen LogP contribution in [0.3, 0.4) is 0 Å². The zero-order valence-corrected chi connectivity index (χ0v) is 12.8. The van der Waals surface area contributed by atoms with E-state index in [4.69, 9.17) is 9.47 Å². The first-order chi connectivity index (χ1) is 9.63. The topological polar surface area (TPSA) is 33.7 Å². The fraction of sp³-hybridized carbons (Fsp3) is 0.625. The highest BCUT2D eigenvalue weighted by molar-refractivity contribution is 5.39. The normalized spacial score (nSPS) is 22.2. The lowest BCUT2D eigenvalue weighted by Gasteiger charge is -2.29. The molecule has 0 radical (unpaired) electrons. The van der Waals surface area contributed by atoms with Crippen molar-refractivity contribution in [2.75, 3.05) is 46.9 Å². The summed E-state index contributed by atoms with van der Waals surface area (Å²) >= 11 is 0. The lowest BCUT2D eigenvalue weighted by molar-refractivity contribution is 0.175.